The van der Waals surface area contributed by atoms with Crippen LogP contribution in [-0.2, 0) is 15.9 Å². The first-order valence-corrected chi connectivity index (χ1v) is 7.29. The molecule has 0 fully saturated rings. The van der Waals surface area contributed by atoms with E-state index in [1.807, 2.05) is 6.07 Å². The Labute approximate surface area is 121 Å². The van der Waals surface area contributed by atoms with Crippen LogP contribution in [0.1, 0.15) is 23.6 Å². The van der Waals surface area contributed by atoms with Crippen molar-refractivity contribution in [1.82, 2.24) is 5.32 Å². The standard InChI is InChI=1S/C14H19BrFNO2/c1-18-6-7-19-5-4-17-14-3-2-11-12(14)8-10(15)9-13(11)16/h8-9,14,17H,2-7H2,1H3/t14-/m1/s1. The summed E-state index contributed by atoms with van der Waals surface area (Å²) in [7, 11) is 1.66. The summed E-state index contributed by atoms with van der Waals surface area (Å²) in [6.07, 6.45) is 1.75. The lowest BCUT2D eigenvalue weighted by atomic mass is 10.1. The van der Waals surface area contributed by atoms with E-state index in [1.165, 1.54) is 6.07 Å². The predicted molar refractivity (Wildman–Crippen MR) is 75.9 cm³/mol. The van der Waals surface area contributed by atoms with Gasteiger partial charge in [-0.1, -0.05) is 15.9 Å². The molecule has 0 saturated heterocycles. The van der Waals surface area contributed by atoms with E-state index in [-0.39, 0.29) is 11.9 Å². The number of hydrogen-bond donors (Lipinski definition) is 1. The molecule has 2 rings (SSSR count). The number of rotatable bonds is 7. The van der Waals surface area contributed by atoms with Gasteiger partial charge in [-0.3, -0.25) is 0 Å². The molecule has 1 aromatic carbocycles. The van der Waals surface area contributed by atoms with Gasteiger partial charge in [0.15, 0.2) is 0 Å². The zero-order valence-electron chi connectivity index (χ0n) is 11.0. The summed E-state index contributed by atoms with van der Waals surface area (Å²) in [5.41, 5.74) is 1.92. The van der Waals surface area contributed by atoms with Gasteiger partial charge in [-0.15, -0.1) is 0 Å². The lowest BCUT2D eigenvalue weighted by molar-refractivity contribution is 0.0710. The van der Waals surface area contributed by atoms with Gasteiger partial charge < -0.3 is 14.8 Å². The molecule has 1 N–H and O–H groups in total. The number of ether oxygens (including phenoxy) is 2. The maximum atomic E-state index is 13.8. The van der Waals surface area contributed by atoms with Crippen LogP contribution in [0.3, 0.4) is 0 Å². The molecule has 0 aliphatic heterocycles. The number of benzene rings is 1. The van der Waals surface area contributed by atoms with E-state index in [0.29, 0.717) is 19.8 Å². The Morgan fingerprint density at radius 3 is 3.00 bits per heavy atom. The molecule has 0 bridgehead atoms. The van der Waals surface area contributed by atoms with Crippen LogP contribution in [-0.4, -0.2) is 33.5 Å². The predicted octanol–water partition coefficient (Wildman–Crippen LogP) is 2.83. The Kier molecular flexibility index (Phi) is 5.76. The molecular formula is C14H19BrFNO2. The third kappa shape index (κ3) is 3.99. The van der Waals surface area contributed by atoms with Crippen LogP contribution < -0.4 is 5.32 Å². The second-order valence-corrected chi connectivity index (χ2v) is 5.52. The maximum Gasteiger partial charge on any atom is 0.127 e. The van der Waals surface area contributed by atoms with Gasteiger partial charge in [0.1, 0.15) is 5.82 Å². The minimum atomic E-state index is -0.106. The first-order valence-electron chi connectivity index (χ1n) is 6.50. The van der Waals surface area contributed by atoms with Crippen molar-refractivity contribution in [3.63, 3.8) is 0 Å². The van der Waals surface area contributed by atoms with Crippen molar-refractivity contribution in [3.05, 3.63) is 33.5 Å². The fraction of sp³-hybridized carbons (Fsp3) is 0.571. The summed E-state index contributed by atoms with van der Waals surface area (Å²) in [5.74, 6) is -0.106. The molecule has 0 spiro atoms. The molecule has 106 valence electrons. The van der Waals surface area contributed by atoms with Gasteiger partial charge in [0.25, 0.3) is 0 Å². The molecule has 1 atom stereocenters. The molecule has 3 nitrogen and oxygen atoms in total. The minimum absolute atomic E-state index is 0.106. The summed E-state index contributed by atoms with van der Waals surface area (Å²) in [6.45, 7) is 2.64. The topological polar surface area (TPSA) is 30.5 Å². The summed E-state index contributed by atoms with van der Waals surface area (Å²) < 4.78 is 24.9. The van der Waals surface area contributed by atoms with Crippen molar-refractivity contribution in [2.24, 2.45) is 0 Å². The molecule has 0 saturated carbocycles. The van der Waals surface area contributed by atoms with Crippen LogP contribution in [0.2, 0.25) is 0 Å². The third-order valence-corrected chi connectivity index (χ3v) is 3.78. The molecule has 1 aliphatic carbocycles. The summed E-state index contributed by atoms with van der Waals surface area (Å²) in [6, 6.07) is 3.78. The average Bonchev–Trinajstić information content (AvgIpc) is 2.77. The highest BCUT2D eigenvalue weighted by Crippen LogP contribution is 2.34. The molecule has 1 aliphatic rings. The fourth-order valence-electron chi connectivity index (χ4n) is 2.40. The molecule has 0 heterocycles. The molecule has 0 amide bonds. The molecule has 0 aromatic heterocycles. The van der Waals surface area contributed by atoms with E-state index in [0.717, 1.165) is 35.0 Å². The first kappa shape index (κ1) is 14.9. The smallest absolute Gasteiger partial charge is 0.127 e. The van der Waals surface area contributed by atoms with Crippen molar-refractivity contribution >= 4 is 15.9 Å². The van der Waals surface area contributed by atoms with E-state index in [1.54, 1.807) is 7.11 Å². The van der Waals surface area contributed by atoms with Crippen molar-refractivity contribution in [2.45, 2.75) is 18.9 Å². The van der Waals surface area contributed by atoms with E-state index < -0.39 is 0 Å². The molecule has 5 heteroatoms. The van der Waals surface area contributed by atoms with Gasteiger partial charge in [0.2, 0.25) is 0 Å². The molecule has 1 aromatic rings. The zero-order chi connectivity index (χ0) is 13.7. The Balaban J connectivity index is 1.82. The van der Waals surface area contributed by atoms with Crippen LogP contribution >= 0.6 is 15.9 Å². The van der Waals surface area contributed by atoms with Crippen LogP contribution in [0.15, 0.2) is 16.6 Å². The lowest BCUT2D eigenvalue weighted by Crippen LogP contribution is -2.24. The van der Waals surface area contributed by atoms with Gasteiger partial charge >= 0.3 is 0 Å². The second kappa shape index (κ2) is 7.33. The zero-order valence-corrected chi connectivity index (χ0v) is 12.6. The van der Waals surface area contributed by atoms with Gasteiger partial charge in [-0.2, -0.15) is 0 Å². The van der Waals surface area contributed by atoms with E-state index in [4.69, 9.17) is 9.47 Å². The molecule has 0 radical (unpaired) electrons. The number of hydrogen-bond acceptors (Lipinski definition) is 3. The summed E-state index contributed by atoms with van der Waals surface area (Å²) in [4.78, 5) is 0. The van der Waals surface area contributed by atoms with Crippen LogP contribution in [0, 0.1) is 5.82 Å². The number of methoxy groups -OCH3 is 1. The summed E-state index contributed by atoms with van der Waals surface area (Å²) in [5, 5.41) is 3.42. The van der Waals surface area contributed by atoms with E-state index in [9.17, 15) is 4.39 Å². The van der Waals surface area contributed by atoms with Gasteiger partial charge in [-0.05, 0) is 36.1 Å². The van der Waals surface area contributed by atoms with Crippen molar-refractivity contribution in [2.75, 3.05) is 33.5 Å². The van der Waals surface area contributed by atoms with Crippen molar-refractivity contribution in [3.8, 4) is 0 Å². The Bertz CT molecular complexity index is 428. The Morgan fingerprint density at radius 2 is 2.21 bits per heavy atom. The monoisotopic (exact) mass is 331 g/mol. The van der Waals surface area contributed by atoms with Gasteiger partial charge in [0, 0.05) is 24.2 Å². The normalized spacial score (nSPS) is 17.7. The average molecular weight is 332 g/mol. The van der Waals surface area contributed by atoms with Crippen molar-refractivity contribution < 1.29 is 13.9 Å². The SMILES string of the molecule is COCCOCCN[C@@H]1CCc2c(F)cc(Br)cc21. The molecular weight excluding hydrogens is 313 g/mol. The third-order valence-electron chi connectivity index (χ3n) is 3.32. The number of fused-ring (bicyclic) bond motifs is 1. The highest BCUT2D eigenvalue weighted by molar-refractivity contribution is 9.10. The number of halogens is 2. The maximum absolute atomic E-state index is 13.8. The van der Waals surface area contributed by atoms with Crippen LogP contribution in [0.4, 0.5) is 4.39 Å². The van der Waals surface area contributed by atoms with Crippen LogP contribution in [0.25, 0.3) is 0 Å². The van der Waals surface area contributed by atoms with Gasteiger partial charge in [0.05, 0.1) is 19.8 Å². The van der Waals surface area contributed by atoms with E-state index in [2.05, 4.69) is 21.2 Å². The van der Waals surface area contributed by atoms with Crippen molar-refractivity contribution in [1.29, 1.82) is 0 Å². The Morgan fingerprint density at radius 1 is 1.37 bits per heavy atom. The Hall–Kier alpha value is -0.490. The largest absolute Gasteiger partial charge is 0.382 e. The highest BCUT2D eigenvalue weighted by atomic mass is 79.9. The quantitative estimate of drug-likeness (QED) is 0.779. The molecule has 19 heavy (non-hydrogen) atoms. The van der Waals surface area contributed by atoms with Crippen LogP contribution in [0.5, 0.6) is 0 Å². The number of nitrogens with one attached hydrogen (secondary N) is 1. The minimum Gasteiger partial charge on any atom is -0.382 e. The highest BCUT2D eigenvalue weighted by Gasteiger charge is 2.25. The fourth-order valence-corrected chi connectivity index (χ4v) is 2.85. The lowest BCUT2D eigenvalue weighted by Gasteiger charge is -2.14. The van der Waals surface area contributed by atoms with E-state index >= 15 is 0 Å². The first-order chi connectivity index (χ1) is 9.22. The summed E-state index contributed by atoms with van der Waals surface area (Å²) >= 11 is 3.35. The van der Waals surface area contributed by atoms with Gasteiger partial charge in [-0.25, -0.2) is 4.39 Å². The second-order valence-electron chi connectivity index (χ2n) is 4.61. The molecule has 0 unspecified atom stereocenters.